The van der Waals surface area contributed by atoms with Crippen LogP contribution in [0, 0.1) is 16.0 Å². The number of nitro groups is 1. The van der Waals surface area contributed by atoms with Crippen molar-refractivity contribution in [2.75, 3.05) is 0 Å². The van der Waals surface area contributed by atoms with Crippen molar-refractivity contribution in [2.24, 2.45) is 5.92 Å². The molecule has 0 saturated carbocycles. The minimum Gasteiger partial charge on any atom is -0.303 e. The third-order valence-corrected chi connectivity index (χ3v) is 2.13. The average Bonchev–Trinajstić information content (AvgIpc) is 2.48. The predicted octanol–water partition coefficient (Wildman–Crippen LogP) is 1.54. The van der Waals surface area contributed by atoms with E-state index >= 15 is 0 Å². The molecule has 0 aromatic carbocycles. The van der Waals surface area contributed by atoms with Crippen LogP contribution in [0.15, 0.2) is 11.8 Å². The smallest absolute Gasteiger partial charge is 0.245 e. The highest BCUT2D eigenvalue weighted by atomic mass is 16.6. The maximum atomic E-state index is 10.4. The Balaban J connectivity index is 2.49. The molecule has 1 unspecified atom stereocenters. The molecule has 1 atom stereocenters. The first-order chi connectivity index (χ1) is 5.75. The highest BCUT2D eigenvalue weighted by Crippen LogP contribution is 2.29. The SMILES string of the molecule is O=CCCC1CCC=C1[N+](=O)[O-]. The minimum atomic E-state index is -0.331. The van der Waals surface area contributed by atoms with Crippen molar-refractivity contribution in [1.29, 1.82) is 0 Å². The molecular weight excluding hydrogens is 158 g/mol. The van der Waals surface area contributed by atoms with Crippen LogP contribution in [0.5, 0.6) is 0 Å². The van der Waals surface area contributed by atoms with Crippen LogP contribution in [0.25, 0.3) is 0 Å². The van der Waals surface area contributed by atoms with Gasteiger partial charge in [0.05, 0.1) is 10.8 Å². The first-order valence-electron chi connectivity index (χ1n) is 4.03. The number of nitrogens with zero attached hydrogens (tertiary/aromatic N) is 1. The van der Waals surface area contributed by atoms with Gasteiger partial charge in [-0.25, -0.2) is 0 Å². The quantitative estimate of drug-likeness (QED) is 0.364. The van der Waals surface area contributed by atoms with Crippen LogP contribution < -0.4 is 0 Å². The minimum absolute atomic E-state index is 0.00481. The van der Waals surface area contributed by atoms with Crippen LogP contribution in [0.4, 0.5) is 0 Å². The fourth-order valence-electron chi connectivity index (χ4n) is 1.53. The molecule has 12 heavy (non-hydrogen) atoms. The molecule has 1 aliphatic carbocycles. The zero-order chi connectivity index (χ0) is 8.97. The number of hydrogen-bond donors (Lipinski definition) is 0. The Morgan fingerprint density at radius 3 is 3.08 bits per heavy atom. The number of rotatable bonds is 4. The summed E-state index contributed by atoms with van der Waals surface area (Å²) in [5.74, 6) is 0.00481. The highest BCUT2D eigenvalue weighted by Gasteiger charge is 2.27. The molecule has 0 radical (unpaired) electrons. The number of hydrogen-bond acceptors (Lipinski definition) is 3. The second-order valence-electron chi connectivity index (χ2n) is 2.90. The van der Waals surface area contributed by atoms with Crippen molar-refractivity contribution in [1.82, 2.24) is 0 Å². The maximum Gasteiger partial charge on any atom is 0.245 e. The van der Waals surface area contributed by atoms with Gasteiger partial charge in [0.2, 0.25) is 5.70 Å². The molecule has 4 nitrogen and oxygen atoms in total. The average molecular weight is 169 g/mol. The van der Waals surface area contributed by atoms with Gasteiger partial charge in [-0.15, -0.1) is 0 Å². The zero-order valence-corrected chi connectivity index (χ0v) is 6.73. The predicted molar refractivity (Wildman–Crippen MR) is 43.1 cm³/mol. The molecule has 1 rings (SSSR count). The van der Waals surface area contributed by atoms with E-state index in [0.29, 0.717) is 18.5 Å². The Morgan fingerprint density at radius 2 is 2.50 bits per heavy atom. The first kappa shape index (κ1) is 8.90. The van der Waals surface area contributed by atoms with E-state index in [2.05, 4.69) is 0 Å². The zero-order valence-electron chi connectivity index (χ0n) is 6.73. The summed E-state index contributed by atoms with van der Waals surface area (Å²) in [7, 11) is 0. The number of aldehydes is 1. The molecule has 0 bridgehead atoms. The topological polar surface area (TPSA) is 60.2 Å². The van der Waals surface area contributed by atoms with Gasteiger partial charge >= 0.3 is 0 Å². The molecule has 1 aliphatic rings. The van der Waals surface area contributed by atoms with Crippen LogP contribution in [-0.4, -0.2) is 11.2 Å². The molecule has 0 aliphatic heterocycles. The van der Waals surface area contributed by atoms with Crippen molar-refractivity contribution < 1.29 is 9.72 Å². The molecule has 0 saturated heterocycles. The molecule has 66 valence electrons. The van der Waals surface area contributed by atoms with E-state index in [1.165, 1.54) is 0 Å². The van der Waals surface area contributed by atoms with Crippen LogP contribution in [0.2, 0.25) is 0 Å². The van der Waals surface area contributed by atoms with Gasteiger partial charge in [0.25, 0.3) is 0 Å². The summed E-state index contributed by atoms with van der Waals surface area (Å²) >= 11 is 0. The lowest BCUT2D eigenvalue weighted by Crippen LogP contribution is -2.07. The van der Waals surface area contributed by atoms with E-state index in [4.69, 9.17) is 0 Å². The van der Waals surface area contributed by atoms with Crippen molar-refractivity contribution in [3.63, 3.8) is 0 Å². The van der Waals surface area contributed by atoms with E-state index in [0.717, 1.165) is 19.1 Å². The van der Waals surface area contributed by atoms with Gasteiger partial charge in [-0.1, -0.05) is 0 Å². The standard InChI is InChI=1S/C8H11NO3/c10-6-2-4-7-3-1-5-8(7)9(11)12/h5-7H,1-4H2. The van der Waals surface area contributed by atoms with E-state index in [1.807, 2.05) is 0 Å². The highest BCUT2D eigenvalue weighted by molar-refractivity contribution is 5.49. The van der Waals surface area contributed by atoms with Gasteiger partial charge in [-0.3, -0.25) is 10.1 Å². The molecule has 0 aromatic rings. The Labute approximate surface area is 70.4 Å². The molecule has 0 amide bonds. The largest absolute Gasteiger partial charge is 0.303 e. The van der Waals surface area contributed by atoms with Gasteiger partial charge in [-0.05, 0) is 25.3 Å². The van der Waals surface area contributed by atoms with Gasteiger partial charge in [0.1, 0.15) is 6.29 Å². The van der Waals surface area contributed by atoms with Gasteiger partial charge in [-0.2, -0.15) is 0 Å². The second kappa shape index (κ2) is 3.99. The summed E-state index contributed by atoms with van der Waals surface area (Å²) in [6.07, 6.45) is 5.13. The summed E-state index contributed by atoms with van der Waals surface area (Å²) in [6, 6.07) is 0. The third kappa shape index (κ3) is 1.90. The molecular formula is C8H11NO3. The fraction of sp³-hybridized carbons (Fsp3) is 0.625. The summed E-state index contributed by atoms with van der Waals surface area (Å²) < 4.78 is 0. The Morgan fingerprint density at radius 1 is 1.75 bits per heavy atom. The maximum absolute atomic E-state index is 10.4. The monoisotopic (exact) mass is 169 g/mol. The number of carbonyl (C=O) groups excluding carboxylic acids is 1. The van der Waals surface area contributed by atoms with Crippen LogP contribution in [-0.2, 0) is 4.79 Å². The van der Waals surface area contributed by atoms with E-state index < -0.39 is 0 Å². The van der Waals surface area contributed by atoms with Gasteiger partial charge in [0.15, 0.2) is 0 Å². The molecule has 0 heterocycles. The molecule has 0 N–H and O–H groups in total. The summed E-state index contributed by atoms with van der Waals surface area (Å²) in [5.41, 5.74) is 0.303. The molecule has 0 aromatic heterocycles. The van der Waals surface area contributed by atoms with E-state index in [9.17, 15) is 14.9 Å². The summed E-state index contributed by atoms with van der Waals surface area (Å²) in [4.78, 5) is 20.1. The van der Waals surface area contributed by atoms with Crippen LogP contribution in [0.1, 0.15) is 25.7 Å². The summed E-state index contributed by atoms with van der Waals surface area (Å²) in [5, 5.41) is 10.4. The fourth-order valence-corrected chi connectivity index (χ4v) is 1.53. The van der Waals surface area contributed by atoms with Crippen molar-refractivity contribution in [3.8, 4) is 0 Å². The Hall–Kier alpha value is -1.19. The first-order valence-corrected chi connectivity index (χ1v) is 4.03. The van der Waals surface area contributed by atoms with Crippen molar-refractivity contribution >= 4 is 6.29 Å². The summed E-state index contributed by atoms with van der Waals surface area (Å²) in [6.45, 7) is 0. The van der Waals surface area contributed by atoms with Crippen LogP contribution in [0.3, 0.4) is 0 Å². The van der Waals surface area contributed by atoms with Gasteiger partial charge < -0.3 is 4.79 Å². The van der Waals surface area contributed by atoms with Crippen molar-refractivity contribution in [3.05, 3.63) is 21.9 Å². The molecule has 0 spiro atoms. The normalized spacial score (nSPS) is 22.0. The van der Waals surface area contributed by atoms with Gasteiger partial charge in [0, 0.05) is 6.42 Å². The molecule has 4 heteroatoms. The lowest BCUT2D eigenvalue weighted by atomic mass is 10.0. The third-order valence-electron chi connectivity index (χ3n) is 2.13. The van der Waals surface area contributed by atoms with Crippen LogP contribution >= 0.6 is 0 Å². The Bertz CT molecular complexity index is 222. The van der Waals surface area contributed by atoms with E-state index in [1.54, 1.807) is 6.08 Å². The lowest BCUT2D eigenvalue weighted by Gasteiger charge is -2.04. The second-order valence-corrected chi connectivity index (χ2v) is 2.90. The Kier molecular flexibility index (Phi) is 2.96. The number of carbonyl (C=O) groups is 1. The van der Waals surface area contributed by atoms with Crippen molar-refractivity contribution in [2.45, 2.75) is 25.7 Å². The van der Waals surface area contributed by atoms with E-state index in [-0.39, 0.29) is 10.8 Å². The number of allylic oxidation sites excluding steroid dienone is 2. The lowest BCUT2D eigenvalue weighted by molar-refractivity contribution is -0.432. The molecule has 0 fully saturated rings.